The number of aromatic nitrogens is 3. The van der Waals surface area contributed by atoms with Gasteiger partial charge in [-0.3, -0.25) is 5.32 Å². The molecule has 0 unspecified atom stereocenters. The Kier molecular flexibility index (Phi) is 4.01. The Morgan fingerprint density at radius 2 is 2.11 bits per heavy atom. The van der Waals surface area contributed by atoms with Crippen LogP contribution < -0.4 is 5.32 Å². The Morgan fingerprint density at radius 3 is 2.63 bits per heavy atom. The van der Waals surface area contributed by atoms with Crippen molar-refractivity contribution in [3.05, 3.63) is 27.8 Å². The molecule has 0 aliphatic heterocycles. The standard InChI is InChI=1S/C13H20N4OS/c1-8-7-19-11(15-8)9(2)14-6-10-16-12(17-18-10)13(3,4)5/h7,9,14H,6H2,1-5H3/t9-/m1/s1. The first-order valence-corrected chi connectivity index (χ1v) is 7.22. The van der Waals surface area contributed by atoms with Crippen LogP contribution in [0.3, 0.4) is 0 Å². The fraction of sp³-hybridized carbons (Fsp3) is 0.615. The van der Waals surface area contributed by atoms with E-state index < -0.39 is 0 Å². The SMILES string of the molecule is Cc1csc([C@@H](C)NCc2nc(C(C)(C)C)no2)n1. The van der Waals surface area contributed by atoms with Gasteiger partial charge >= 0.3 is 0 Å². The first-order chi connectivity index (χ1) is 8.86. The summed E-state index contributed by atoms with van der Waals surface area (Å²) < 4.78 is 5.24. The van der Waals surface area contributed by atoms with Crippen molar-refractivity contribution in [3.63, 3.8) is 0 Å². The van der Waals surface area contributed by atoms with E-state index in [9.17, 15) is 0 Å². The van der Waals surface area contributed by atoms with Crippen molar-refractivity contribution in [3.8, 4) is 0 Å². The first-order valence-electron chi connectivity index (χ1n) is 6.35. The number of hydrogen-bond donors (Lipinski definition) is 1. The molecule has 2 rings (SSSR count). The second-order valence-corrected chi connectivity index (χ2v) is 6.58. The molecule has 6 heteroatoms. The fourth-order valence-electron chi connectivity index (χ4n) is 1.53. The molecule has 1 atom stereocenters. The van der Waals surface area contributed by atoms with Crippen LogP contribution in [0.5, 0.6) is 0 Å². The van der Waals surface area contributed by atoms with Crippen LogP contribution in [0.15, 0.2) is 9.90 Å². The molecule has 1 N–H and O–H groups in total. The lowest BCUT2D eigenvalue weighted by Gasteiger charge is -2.11. The lowest BCUT2D eigenvalue weighted by Crippen LogP contribution is -2.18. The van der Waals surface area contributed by atoms with Crippen LogP contribution in [0.2, 0.25) is 0 Å². The van der Waals surface area contributed by atoms with Crippen molar-refractivity contribution in [2.45, 2.75) is 52.6 Å². The van der Waals surface area contributed by atoms with Gasteiger partial charge in [-0.1, -0.05) is 25.9 Å². The smallest absolute Gasteiger partial charge is 0.240 e. The van der Waals surface area contributed by atoms with Crippen molar-refractivity contribution in [1.29, 1.82) is 0 Å². The predicted molar refractivity (Wildman–Crippen MR) is 75.1 cm³/mol. The summed E-state index contributed by atoms with van der Waals surface area (Å²) in [5.74, 6) is 1.35. The molecule has 0 radical (unpaired) electrons. The summed E-state index contributed by atoms with van der Waals surface area (Å²) in [4.78, 5) is 8.85. The van der Waals surface area contributed by atoms with Crippen molar-refractivity contribution >= 4 is 11.3 Å². The maximum Gasteiger partial charge on any atom is 0.240 e. The molecule has 0 fully saturated rings. The molecule has 0 aromatic carbocycles. The van der Waals surface area contributed by atoms with Gasteiger partial charge in [-0.05, 0) is 13.8 Å². The molecule has 0 spiro atoms. The molecule has 104 valence electrons. The average Bonchev–Trinajstić information content (AvgIpc) is 2.93. The predicted octanol–water partition coefficient (Wildman–Crippen LogP) is 2.98. The third-order valence-electron chi connectivity index (χ3n) is 2.71. The van der Waals surface area contributed by atoms with Crippen molar-refractivity contribution < 1.29 is 4.52 Å². The highest BCUT2D eigenvalue weighted by atomic mass is 32.1. The Labute approximate surface area is 117 Å². The lowest BCUT2D eigenvalue weighted by molar-refractivity contribution is 0.349. The molecule has 0 bridgehead atoms. The minimum absolute atomic E-state index is 0.0835. The van der Waals surface area contributed by atoms with E-state index in [4.69, 9.17) is 4.52 Å². The molecule has 2 heterocycles. The number of nitrogens with zero attached hydrogens (tertiary/aromatic N) is 3. The highest BCUT2D eigenvalue weighted by Crippen LogP contribution is 2.20. The summed E-state index contributed by atoms with van der Waals surface area (Å²) in [5.41, 5.74) is 0.973. The lowest BCUT2D eigenvalue weighted by atomic mass is 9.96. The summed E-state index contributed by atoms with van der Waals surface area (Å²) in [7, 11) is 0. The molecular weight excluding hydrogens is 260 g/mol. The summed E-state index contributed by atoms with van der Waals surface area (Å²) in [6.45, 7) is 10.8. The van der Waals surface area contributed by atoms with Gasteiger partial charge in [-0.15, -0.1) is 11.3 Å². The fourth-order valence-corrected chi connectivity index (χ4v) is 2.36. The maximum absolute atomic E-state index is 5.24. The zero-order valence-electron chi connectivity index (χ0n) is 12.0. The molecule has 0 aliphatic carbocycles. The van der Waals surface area contributed by atoms with E-state index >= 15 is 0 Å². The van der Waals surface area contributed by atoms with Gasteiger partial charge in [0.25, 0.3) is 0 Å². The monoisotopic (exact) mass is 280 g/mol. The second-order valence-electron chi connectivity index (χ2n) is 5.69. The van der Waals surface area contributed by atoms with Crippen molar-refractivity contribution in [1.82, 2.24) is 20.4 Å². The van der Waals surface area contributed by atoms with Crippen LogP contribution >= 0.6 is 11.3 Å². The Balaban J connectivity index is 1.94. The highest BCUT2D eigenvalue weighted by molar-refractivity contribution is 7.09. The van der Waals surface area contributed by atoms with Crippen LogP contribution in [0.25, 0.3) is 0 Å². The third-order valence-corrected chi connectivity index (χ3v) is 3.85. The van der Waals surface area contributed by atoms with Crippen molar-refractivity contribution in [2.75, 3.05) is 0 Å². The minimum Gasteiger partial charge on any atom is -0.338 e. The first kappa shape index (κ1) is 14.1. The third kappa shape index (κ3) is 3.61. The largest absolute Gasteiger partial charge is 0.338 e. The van der Waals surface area contributed by atoms with Gasteiger partial charge in [0.05, 0.1) is 12.6 Å². The molecule has 0 amide bonds. The summed E-state index contributed by atoms with van der Waals surface area (Å²) in [6.07, 6.45) is 0. The number of aryl methyl sites for hydroxylation is 1. The number of hydrogen-bond acceptors (Lipinski definition) is 6. The van der Waals surface area contributed by atoms with Gasteiger partial charge in [-0.25, -0.2) is 4.98 Å². The van der Waals surface area contributed by atoms with Crippen molar-refractivity contribution in [2.24, 2.45) is 0 Å². The van der Waals surface area contributed by atoms with Crippen LogP contribution in [-0.2, 0) is 12.0 Å². The van der Waals surface area contributed by atoms with Gasteiger partial charge in [-0.2, -0.15) is 4.98 Å². The zero-order chi connectivity index (χ0) is 14.0. The zero-order valence-corrected chi connectivity index (χ0v) is 12.8. The van der Waals surface area contributed by atoms with Crippen LogP contribution in [-0.4, -0.2) is 15.1 Å². The second kappa shape index (κ2) is 5.38. The van der Waals surface area contributed by atoms with E-state index in [0.717, 1.165) is 16.5 Å². The number of nitrogens with one attached hydrogen (secondary N) is 1. The number of rotatable bonds is 4. The highest BCUT2D eigenvalue weighted by Gasteiger charge is 2.21. The van der Waals surface area contributed by atoms with Gasteiger partial charge in [0.2, 0.25) is 5.89 Å². The normalized spacial score (nSPS) is 13.7. The Morgan fingerprint density at radius 1 is 1.37 bits per heavy atom. The maximum atomic E-state index is 5.24. The van der Waals surface area contributed by atoms with E-state index in [-0.39, 0.29) is 11.5 Å². The van der Waals surface area contributed by atoms with E-state index in [1.165, 1.54) is 0 Å². The number of thiazole rings is 1. The minimum atomic E-state index is -0.0835. The van der Waals surface area contributed by atoms with Gasteiger partial charge in [0.15, 0.2) is 5.82 Å². The molecule has 2 aromatic rings. The Hall–Kier alpha value is -1.27. The van der Waals surface area contributed by atoms with E-state index in [1.54, 1.807) is 11.3 Å². The van der Waals surface area contributed by atoms with Crippen LogP contribution in [0, 0.1) is 6.92 Å². The van der Waals surface area contributed by atoms with Crippen LogP contribution in [0.1, 0.15) is 56.2 Å². The molecule has 0 saturated heterocycles. The topological polar surface area (TPSA) is 63.8 Å². The van der Waals surface area contributed by atoms with Crippen LogP contribution in [0.4, 0.5) is 0 Å². The summed E-state index contributed by atoms with van der Waals surface area (Å²) >= 11 is 1.66. The van der Waals surface area contributed by atoms with E-state index in [2.05, 4.69) is 53.5 Å². The van der Waals surface area contributed by atoms with E-state index in [0.29, 0.717) is 12.4 Å². The summed E-state index contributed by atoms with van der Waals surface area (Å²) in [5, 5.41) is 10.5. The quantitative estimate of drug-likeness (QED) is 0.932. The Bertz CT molecular complexity index is 541. The molecule has 0 saturated carbocycles. The molecular formula is C13H20N4OS. The molecule has 2 aromatic heterocycles. The van der Waals surface area contributed by atoms with Gasteiger partial charge in [0, 0.05) is 16.5 Å². The molecule has 0 aliphatic rings. The summed E-state index contributed by atoms with van der Waals surface area (Å²) in [6, 6.07) is 0.184. The molecule has 19 heavy (non-hydrogen) atoms. The van der Waals surface area contributed by atoms with Gasteiger partial charge in [0.1, 0.15) is 5.01 Å². The van der Waals surface area contributed by atoms with E-state index in [1.807, 2.05) is 6.92 Å². The average molecular weight is 280 g/mol. The van der Waals surface area contributed by atoms with Gasteiger partial charge < -0.3 is 4.52 Å². The molecule has 5 nitrogen and oxygen atoms in total.